The molecule has 4 aromatic rings. The average molecular weight is 750 g/mol. The highest BCUT2D eigenvalue weighted by molar-refractivity contribution is 7.99. The lowest BCUT2D eigenvalue weighted by molar-refractivity contribution is -0.729. The number of benzene rings is 4. The number of hydrogen-bond acceptors (Lipinski definition) is 10. The highest BCUT2D eigenvalue weighted by Gasteiger charge is 2.28. The molecule has 1 saturated heterocycles. The van der Waals surface area contributed by atoms with Crippen molar-refractivity contribution in [2.24, 2.45) is 0 Å². The van der Waals surface area contributed by atoms with Crippen LogP contribution in [0, 0.1) is 4.91 Å². The Morgan fingerprint density at radius 1 is 0.941 bits per heavy atom. The predicted octanol–water partition coefficient (Wildman–Crippen LogP) is 6.17. The highest BCUT2D eigenvalue weighted by atomic mass is 32.2. The van der Waals surface area contributed by atoms with E-state index in [0.717, 1.165) is 62.3 Å². The van der Waals surface area contributed by atoms with E-state index < -0.39 is 15.9 Å². The molecule has 14 heteroatoms. The summed E-state index contributed by atoms with van der Waals surface area (Å²) in [4.78, 5) is 33.7. The van der Waals surface area contributed by atoms with Gasteiger partial charge < -0.3 is 15.1 Å². The van der Waals surface area contributed by atoms with Crippen LogP contribution in [0.15, 0.2) is 112 Å². The van der Waals surface area contributed by atoms with Crippen molar-refractivity contribution in [1.29, 1.82) is 0 Å². The molecular formula is C37H45N6O5S3+. The number of nitrogens with one attached hydrogen (secondary N) is 2. The molecule has 1 aliphatic rings. The number of carbonyl (C=O) groups excluding carboxylic acids is 1. The monoisotopic (exact) mass is 749 g/mol. The van der Waals surface area contributed by atoms with Crippen LogP contribution in [-0.2, 0) is 16.6 Å². The Morgan fingerprint density at radius 3 is 2.29 bits per heavy atom. The second-order valence-electron chi connectivity index (χ2n) is 12.6. The molecule has 0 aromatic heterocycles. The van der Waals surface area contributed by atoms with Gasteiger partial charge in [0.15, 0.2) is 0 Å². The topological polar surface area (TPSA) is 125 Å². The van der Waals surface area contributed by atoms with Crippen LogP contribution in [0.1, 0.15) is 22.3 Å². The van der Waals surface area contributed by atoms with E-state index in [9.17, 15) is 23.3 Å². The molecule has 0 saturated carbocycles. The summed E-state index contributed by atoms with van der Waals surface area (Å²) in [6.07, 6.45) is 2.83. The second kappa shape index (κ2) is 17.9. The quantitative estimate of drug-likeness (QED) is 0.0900. The van der Waals surface area contributed by atoms with Gasteiger partial charge in [0.2, 0.25) is 0 Å². The van der Waals surface area contributed by atoms with Crippen molar-refractivity contribution >= 4 is 56.5 Å². The van der Waals surface area contributed by atoms with Gasteiger partial charge in [-0.25, -0.2) is 18.3 Å². The van der Waals surface area contributed by atoms with Crippen LogP contribution < -0.4 is 14.9 Å². The molecule has 1 atom stereocenters. The van der Waals surface area contributed by atoms with E-state index in [1.54, 1.807) is 35.7 Å². The number of sulfonamides is 1. The normalized spacial score (nSPS) is 14.3. The van der Waals surface area contributed by atoms with Crippen LogP contribution in [0.3, 0.4) is 0 Å². The third-order valence-corrected chi connectivity index (χ3v) is 12.0. The lowest BCUT2D eigenvalue weighted by Gasteiger charge is -2.36. The van der Waals surface area contributed by atoms with Crippen LogP contribution in [-0.4, -0.2) is 99.1 Å². The minimum atomic E-state index is -4.38. The van der Waals surface area contributed by atoms with Crippen LogP contribution in [0.25, 0.3) is 0 Å². The van der Waals surface area contributed by atoms with Crippen molar-refractivity contribution < 1.29 is 23.3 Å². The number of amides is 1. The van der Waals surface area contributed by atoms with E-state index in [4.69, 9.17) is 0 Å². The Hall–Kier alpha value is -4.08. The maximum Gasteiger partial charge on any atom is 0.340 e. The summed E-state index contributed by atoms with van der Waals surface area (Å²) < 4.78 is 28.7. The summed E-state index contributed by atoms with van der Waals surface area (Å²) >= 11 is 3.41. The molecule has 11 nitrogen and oxygen atoms in total. The molecule has 1 amide bonds. The smallest absolute Gasteiger partial charge is 0.340 e. The second-order valence-corrected chi connectivity index (χ2v) is 16.2. The summed E-state index contributed by atoms with van der Waals surface area (Å²) in [5, 5.41) is 13.3. The van der Waals surface area contributed by atoms with Gasteiger partial charge in [-0.1, -0.05) is 36.4 Å². The van der Waals surface area contributed by atoms with Crippen LogP contribution in [0.4, 0.5) is 17.1 Å². The molecule has 0 bridgehead atoms. The zero-order valence-electron chi connectivity index (χ0n) is 29.1. The fourth-order valence-corrected chi connectivity index (χ4v) is 8.40. The Kier molecular flexibility index (Phi) is 13.4. The Balaban J connectivity index is 1.20. The number of hydrogen-bond donors (Lipinski definition) is 3. The lowest BCUT2D eigenvalue weighted by atomic mass is 10.1. The minimum Gasteiger partial charge on any atom is -0.376 e. The maximum atomic E-state index is 13.3. The van der Waals surface area contributed by atoms with Gasteiger partial charge in [-0.2, -0.15) is 0 Å². The minimum absolute atomic E-state index is 0.104. The maximum absolute atomic E-state index is 13.3. The van der Waals surface area contributed by atoms with Crippen molar-refractivity contribution in [2.75, 3.05) is 69.0 Å². The Labute approximate surface area is 309 Å². The van der Waals surface area contributed by atoms with Crippen LogP contribution in [0.2, 0.25) is 0 Å². The van der Waals surface area contributed by atoms with E-state index >= 15 is 0 Å². The van der Waals surface area contributed by atoms with Crippen LogP contribution >= 0.6 is 23.5 Å². The van der Waals surface area contributed by atoms with E-state index in [2.05, 4.69) is 55.3 Å². The Bertz CT molecular complexity index is 1890. The highest BCUT2D eigenvalue weighted by Crippen LogP contribution is 2.30. The number of anilines is 2. The molecule has 0 unspecified atom stereocenters. The first-order valence-electron chi connectivity index (χ1n) is 16.7. The van der Waals surface area contributed by atoms with Crippen molar-refractivity contribution in [1.82, 2.24) is 14.5 Å². The zero-order chi connectivity index (χ0) is 36.4. The van der Waals surface area contributed by atoms with E-state index in [1.807, 2.05) is 56.6 Å². The summed E-state index contributed by atoms with van der Waals surface area (Å²) in [6.45, 7) is 5.13. The number of nitrogens with zero attached hydrogens (tertiary/aromatic N) is 4. The van der Waals surface area contributed by atoms with E-state index in [0.29, 0.717) is 5.75 Å². The number of rotatable bonds is 16. The van der Waals surface area contributed by atoms with Gasteiger partial charge in [0.05, 0.1) is 9.80 Å². The van der Waals surface area contributed by atoms with Crippen molar-refractivity contribution in [3.05, 3.63) is 113 Å². The van der Waals surface area contributed by atoms with Gasteiger partial charge >= 0.3 is 5.69 Å². The molecule has 5 rings (SSSR count). The number of thioether (sulfide) groups is 2. The Morgan fingerprint density at radius 2 is 1.63 bits per heavy atom. The third-order valence-electron chi connectivity index (χ3n) is 8.64. The fraction of sp³-hybridized carbons (Fsp3) is 0.324. The molecule has 51 heavy (non-hydrogen) atoms. The molecule has 0 aliphatic carbocycles. The van der Waals surface area contributed by atoms with Gasteiger partial charge in [-0.3, -0.25) is 9.69 Å². The van der Waals surface area contributed by atoms with Crippen molar-refractivity contribution in [3.8, 4) is 0 Å². The summed E-state index contributed by atoms with van der Waals surface area (Å²) in [5.74, 6) is -0.132. The first-order valence-corrected chi connectivity index (χ1v) is 20.4. The van der Waals surface area contributed by atoms with E-state index in [-0.39, 0.29) is 32.8 Å². The van der Waals surface area contributed by atoms with Gasteiger partial charge in [0.25, 0.3) is 20.9 Å². The largest absolute Gasteiger partial charge is 0.376 e. The molecule has 3 N–H and O–H groups in total. The lowest BCUT2D eigenvalue weighted by Crippen LogP contribution is -2.46. The zero-order valence-corrected chi connectivity index (χ0v) is 31.5. The first-order chi connectivity index (χ1) is 24.5. The molecule has 0 spiro atoms. The van der Waals surface area contributed by atoms with Crippen LogP contribution in [0.5, 0.6) is 0 Å². The third kappa shape index (κ3) is 10.7. The predicted molar refractivity (Wildman–Crippen MR) is 206 cm³/mol. The van der Waals surface area contributed by atoms with Gasteiger partial charge in [0, 0.05) is 71.6 Å². The summed E-state index contributed by atoms with van der Waals surface area (Å²) in [7, 11) is -0.435. The van der Waals surface area contributed by atoms with Gasteiger partial charge in [-0.15, -0.1) is 23.5 Å². The van der Waals surface area contributed by atoms with Gasteiger partial charge in [0.1, 0.15) is 5.69 Å². The molecule has 4 aromatic carbocycles. The first kappa shape index (κ1) is 38.2. The molecule has 270 valence electrons. The number of carbonyl (C=O) groups is 1. The van der Waals surface area contributed by atoms with Crippen molar-refractivity contribution in [2.45, 2.75) is 33.7 Å². The fourth-order valence-electron chi connectivity index (χ4n) is 5.81. The molecular weight excluding hydrogens is 705 g/mol. The van der Waals surface area contributed by atoms with E-state index in [1.165, 1.54) is 22.6 Å². The molecule has 1 aliphatic heterocycles. The molecule has 1 heterocycles. The average Bonchev–Trinajstić information content (AvgIpc) is 3.13. The van der Waals surface area contributed by atoms with Gasteiger partial charge in [-0.05, 0) is 93.5 Å². The summed E-state index contributed by atoms with van der Waals surface area (Å²) in [5.41, 5.74) is 2.46. The summed E-state index contributed by atoms with van der Waals surface area (Å²) in [6, 6.07) is 28.9. The SMILES string of the molecule is CSc1ccccc1CN1CCN(c2ccc(C(=O)NS(=O)(=O)c3ccc(N[C@H](CCN(C)C)CSc4ccccc4)c([N+](=O)O)c3)cc2)CC1. The molecule has 1 fully saturated rings. The van der Waals surface area contributed by atoms with Crippen molar-refractivity contribution in [3.63, 3.8) is 0 Å². The standard InChI is InChI=1S/C37H44N6O5S3/c1-40(2)20-19-30(27-50-32-10-5-4-6-11-32)38-34-18-17-33(25-35(34)43(45)46)51(47,48)39-37(44)28-13-15-31(16-14-28)42-23-21-41(22-24-42)26-29-9-7-8-12-36(29)49-3/h4-18,25,30,38H,19-24,26-27H2,1-3H3,(H-,39,44,45,46)/p+1/t30-/m1/s1. The number of piperazine rings is 1. The molecule has 0 radical (unpaired) electrons.